The molecule has 1 N–H and O–H groups in total. The van der Waals surface area contributed by atoms with E-state index in [-0.39, 0.29) is 35.0 Å². The zero-order valence-corrected chi connectivity index (χ0v) is 11.2. The number of aliphatic imine (C=N–C) groups is 1. The minimum Gasteiger partial charge on any atom is -0.506 e. The first-order valence-electron chi connectivity index (χ1n) is 5.59. The highest BCUT2D eigenvalue weighted by molar-refractivity contribution is 6.30. The Morgan fingerprint density at radius 1 is 1.60 bits per heavy atom. The Kier molecular flexibility index (Phi) is 3.99. The van der Waals surface area contributed by atoms with Gasteiger partial charge in [0.2, 0.25) is 5.76 Å². The van der Waals surface area contributed by atoms with Crippen LogP contribution in [0.5, 0.6) is 5.75 Å². The average Bonchev–Trinajstić information content (AvgIpc) is 2.75. The van der Waals surface area contributed by atoms with Crippen LogP contribution in [0, 0.1) is 17.0 Å². The number of hydrogen-bond donors (Lipinski definition) is 1. The van der Waals surface area contributed by atoms with Gasteiger partial charge in [0.15, 0.2) is 5.69 Å². The first-order valence-corrected chi connectivity index (χ1v) is 5.97. The largest absolute Gasteiger partial charge is 0.506 e. The molecule has 0 aliphatic carbocycles. The van der Waals surface area contributed by atoms with Gasteiger partial charge >= 0.3 is 5.69 Å². The molecule has 0 atom stereocenters. The van der Waals surface area contributed by atoms with Crippen molar-refractivity contribution in [3.8, 4) is 5.75 Å². The number of nitrogens with zero attached hydrogens (tertiary/aromatic N) is 3. The number of aromatic hydroxyl groups is 1. The van der Waals surface area contributed by atoms with Crippen LogP contribution in [0.1, 0.15) is 11.5 Å². The van der Waals surface area contributed by atoms with Crippen molar-refractivity contribution < 1.29 is 14.6 Å². The summed E-state index contributed by atoms with van der Waals surface area (Å²) in [7, 11) is 0. The SMILES string of the molecule is Cc1noc(CC=Nc2cc(Cl)ccc2O)c1[N+](=O)[O-]. The van der Waals surface area contributed by atoms with Crippen molar-refractivity contribution in [3.05, 3.63) is 44.8 Å². The van der Waals surface area contributed by atoms with Crippen molar-refractivity contribution in [1.29, 1.82) is 0 Å². The summed E-state index contributed by atoms with van der Waals surface area (Å²) in [5.74, 6) is 0.0756. The highest BCUT2D eigenvalue weighted by Gasteiger charge is 2.22. The summed E-state index contributed by atoms with van der Waals surface area (Å²) in [4.78, 5) is 14.3. The number of nitro groups is 1. The molecule has 1 aromatic carbocycles. The van der Waals surface area contributed by atoms with Gasteiger partial charge in [-0.05, 0) is 25.1 Å². The summed E-state index contributed by atoms with van der Waals surface area (Å²) in [6.07, 6.45) is 1.47. The van der Waals surface area contributed by atoms with E-state index < -0.39 is 4.92 Å². The highest BCUT2D eigenvalue weighted by Crippen LogP contribution is 2.29. The average molecular weight is 296 g/mol. The number of halogens is 1. The van der Waals surface area contributed by atoms with E-state index in [0.717, 1.165) is 0 Å². The van der Waals surface area contributed by atoms with Crippen molar-refractivity contribution in [2.45, 2.75) is 13.3 Å². The molecule has 104 valence electrons. The van der Waals surface area contributed by atoms with E-state index in [1.54, 1.807) is 0 Å². The molecule has 2 rings (SSSR count). The molecule has 0 fully saturated rings. The van der Waals surface area contributed by atoms with Gasteiger partial charge in [-0.1, -0.05) is 16.8 Å². The number of benzene rings is 1. The van der Waals surface area contributed by atoms with Gasteiger partial charge in [-0.2, -0.15) is 0 Å². The van der Waals surface area contributed by atoms with E-state index in [1.807, 2.05) is 0 Å². The van der Waals surface area contributed by atoms with Gasteiger partial charge in [-0.3, -0.25) is 15.1 Å². The minimum atomic E-state index is -0.550. The fraction of sp³-hybridized carbons (Fsp3) is 0.167. The maximum absolute atomic E-state index is 10.8. The summed E-state index contributed by atoms with van der Waals surface area (Å²) in [6.45, 7) is 1.49. The Labute approximate surface area is 118 Å². The Morgan fingerprint density at radius 2 is 2.35 bits per heavy atom. The van der Waals surface area contributed by atoms with E-state index in [9.17, 15) is 15.2 Å². The molecule has 20 heavy (non-hydrogen) atoms. The number of phenols is 1. The summed E-state index contributed by atoms with van der Waals surface area (Å²) >= 11 is 5.78. The molecule has 2 aromatic rings. The van der Waals surface area contributed by atoms with Crippen LogP contribution in [0.2, 0.25) is 5.02 Å². The third kappa shape index (κ3) is 2.94. The number of aromatic nitrogens is 1. The Hall–Kier alpha value is -2.41. The number of rotatable bonds is 4. The lowest BCUT2D eigenvalue weighted by Crippen LogP contribution is -1.94. The minimum absolute atomic E-state index is 0.0334. The monoisotopic (exact) mass is 295 g/mol. The van der Waals surface area contributed by atoms with Crippen LogP contribution < -0.4 is 0 Å². The Bertz CT molecular complexity index is 681. The molecule has 0 amide bonds. The molecule has 0 bridgehead atoms. The summed E-state index contributed by atoms with van der Waals surface area (Å²) in [5.41, 5.74) is 0.326. The Balaban J connectivity index is 2.18. The van der Waals surface area contributed by atoms with Crippen molar-refractivity contribution >= 4 is 29.2 Å². The van der Waals surface area contributed by atoms with Crippen LogP contribution in [0.15, 0.2) is 27.7 Å². The van der Waals surface area contributed by atoms with Gasteiger partial charge in [-0.15, -0.1) is 0 Å². The maximum atomic E-state index is 10.8. The van der Waals surface area contributed by atoms with E-state index in [4.69, 9.17) is 16.1 Å². The molecule has 0 radical (unpaired) electrons. The normalized spacial score (nSPS) is 11.1. The van der Waals surface area contributed by atoms with Gasteiger partial charge in [0.25, 0.3) is 0 Å². The molecule has 0 spiro atoms. The molecule has 0 aliphatic rings. The lowest BCUT2D eigenvalue weighted by molar-refractivity contribution is -0.386. The Morgan fingerprint density at radius 3 is 3.05 bits per heavy atom. The highest BCUT2D eigenvalue weighted by atomic mass is 35.5. The molecule has 0 saturated carbocycles. The quantitative estimate of drug-likeness (QED) is 0.530. The molecular weight excluding hydrogens is 286 g/mol. The topological polar surface area (TPSA) is 102 Å². The van der Waals surface area contributed by atoms with Crippen LogP contribution >= 0.6 is 11.6 Å². The van der Waals surface area contributed by atoms with Crippen LogP contribution in [0.4, 0.5) is 11.4 Å². The maximum Gasteiger partial charge on any atom is 0.334 e. The molecule has 0 unspecified atom stereocenters. The molecule has 0 aliphatic heterocycles. The standard InChI is InChI=1S/C12H10ClN3O4/c1-7-12(16(18)19)11(20-15-7)4-5-14-9-6-8(13)2-3-10(9)17/h2-3,5-6,17H,4H2,1H3. The van der Waals surface area contributed by atoms with Crippen molar-refractivity contribution in [1.82, 2.24) is 5.16 Å². The second kappa shape index (κ2) is 5.70. The second-order valence-electron chi connectivity index (χ2n) is 3.95. The molecule has 7 nitrogen and oxygen atoms in total. The fourth-order valence-corrected chi connectivity index (χ4v) is 1.77. The third-order valence-electron chi connectivity index (χ3n) is 2.53. The first kappa shape index (κ1) is 14.0. The number of phenolic OH excluding ortho intramolecular Hbond substituents is 1. The van der Waals surface area contributed by atoms with E-state index in [1.165, 1.54) is 31.3 Å². The van der Waals surface area contributed by atoms with Crippen molar-refractivity contribution in [2.75, 3.05) is 0 Å². The van der Waals surface area contributed by atoms with E-state index in [0.29, 0.717) is 5.02 Å². The smallest absolute Gasteiger partial charge is 0.334 e. The number of hydrogen-bond acceptors (Lipinski definition) is 6. The lowest BCUT2D eigenvalue weighted by Gasteiger charge is -1.98. The predicted octanol–water partition coefficient (Wildman–Crippen LogP) is 3.20. The van der Waals surface area contributed by atoms with Gasteiger partial charge in [0.1, 0.15) is 11.4 Å². The molecule has 1 heterocycles. The van der Waals surface area contributed by atoms with Gasteiger partial charge in [0, 0.05) is 11.2 Å². The number of aryl methyl sites for hydroxylation is 1. The van der Waals surface area contributed by atoms with Crippen molar-refractivity contribution in [3.63, 3.8) is 0 Å². The fourth-order valence-electron chi connectivity index (χ4n) is 1.61. The van der Waals surface area contributed by atoms with Crippen LogP contribution in [-0.2, 0) is 6.42 Å². The van der Waals surface area contributed by atoms with Gasteiger partial charge in [0.05, 0.1) is 11.3 Å². The summed E-state index contributed by atoms with van der Waals surface area (Å²) < 4.78 is 4.88. The van der Waals surface area contributed by atoms with Crippen LogP contribution in [-0.4, -0.2) is 21.4 Å². The van der Waals surface area contributed by atoms with Crippen molar-refractivity contribution in [2.24, 2.45) is 4.99 Å². The van der Waals surface area contributed by atoms with E-state index >= 15 is 0 Å². The molecule has 1 aromatic heterocycles. The summed E-state index contributed by atoms with van der Waals surface area (Å²) in [6, 6.07) is 4.42. The zero-order chi connectivity index (χ0) is 14.7. The van der Waals surface area contributed by atoms with Crippen LogP contribution in [0.3, 0.4) is 0 Å². The van der Waals surface area contributed by atoms with Crippen LogP contribution in [0.25, 0.3) is 0 Å². The summed E-state index contributed by atoms with van der Waals surface area (Å²) in [5, 5.41) is 24.4. The lowest BCUT2D eigenvalue weighted by atomic mass is 10.2. The third-order valence-corrected chi connectivity index (χ3v) is 2.76. The predicted molar refractivity (Wildman–Crippen MR) is 72.9 cm³/mol. The first-order chi connectivity index (χ1) is 9.49. The zero-order valence-electron chi connectivity index (χ0n) is 10.4. The second-order valence-corrected chi connectivity index (χ2v) is 4.38. The molecule has 0 saturated heterocycles. The molecule has 8 heteroatoms. The van der Waals surface area contributed by atoms with E-state index in [2.05, 4.69) is 10.1 Å². The molecular formula is C12H10ClN3O4. The van der Waals surface area contributed by atoms with Gasteiger partial charge < -0.3 is 9.63 Å². The van der Waals surface area contributed by atoms with Gasteiger partial charge in [-0.25, -0.2) is 0 Å².